The summed E-state index contributed by atoms with van der Waals surface area (Å²) in [5.41, 5.74) is 0. The minimum Gasteiger partial charge on any atom is -0.373 e. The summed E-state index contributed by atoms with van der Waals surface area (Å²) in [7, 11) is 0. The number of hydrogen-bond acceptors (Lipinski definition) is 2. The standard InChI is InChI=1S/C9H15NO/c1-4-5-10-6-8(2)11-9(3)7-10/h1,8-9H,5-7H2,2-3H3/t8-,9+. The molecular weight excluding hydrogens is 138 g/mol. The van der Waals surface area contributed by atoms with Crippen LogP contribution in [-0.2, 0) is 4.74 Å². The predicted molar refractivity (Wildman–Crippen MR) is 45.3 cm³/mol. The average molecular weight is 153 g/mol. The normalized spacial score (nSPS) is 33.2. The largest absolute Gasteiger partial charge is 0.373 e. The van der Waals surface area contributed by atoms with Crippen molar-refractivity contribution in [1.82, 2.24) is 4.90 Å². The van der Waals surface area contributed by atoms with Crippen LogP contribution in [0.1, 0.15) is 13.8 Å². The van der Waals surface area contributed by atoms with Crippen molar-refractivity contribution in [2.75, 3.05) is 19.6 Å². The van der Waals surface area contributed by atoms with E-state index in [2.05, 4.69) is 24.7 Å². The van der Waals surface area contributed by atoms with E-state index in [9.17, 15) is 0 Å². The van der Waals surface area contributed by atoms with Gasteiger partial charge in [-0.3, -0.25) is 4.90 Å². The van der Waals surface area contributed by atoms with Crippen molar-refractivity contribution in [1.29, 1.82) is 0 Å². The number of ether oxygens (including phenoxy) is 1. The van der Waals surface area contributed by atoms with Crippen LogP contribution in [0.15, 0.2) is 0 Å². The lowest BCUT2D eigenvalue weighted by Gasteiger charge is -2.33. The van der Waals surface area contributed by atoms with E-state index in [1.165, 1.54) is 0 Å². The van der Waals surface area contributed by atoms with Crippen LogP contribution < -0.4 is 0 Å². The molecule has 0 N–H and O–H groups in total. The molecule has 0 aromatic rings. The summed E-state index contributed by atoms with van der Waals surface area (Å²) < 4.78 is 5.55. The summed E-state index contributed by atoms with van der Waals surface area (Å²) in [5, 5.41) is 0. The zero-order chi connectivity index (χ0) is 8.27. The van der Waals surface area contributed by atoms with E-state index in [0.717, 1.165) is 19.6 Å². The second-order valence-electron chi connectivity index (χ2n) is 3.16. The predicted octanol–water partition coefficient (Wildman–Crippen LogP) is 0.729. The van der Waals surface area contributed by atoms with Crippen LogP contribution in [0, 0.1) is 12.3 Å². The van der Waals surface area contributed by atoms with E-state index in [1.54, 1.807) is 0 Å². The Morgan fingerprint density at radius 1 is 1.45 bits per heavy atom. The molecule has 0 spiro atoms. The molecule has 2 heteroatoms. The Morgan fingerprint density at radius 3 is 2.45 bits per heavy atom. The summed E-state index contributed by atoms with van der Waals surface area (Å²) >= 11 is 0. The lowest BCUT2D eigenvalue weighted by Crippen LogP contribution is -2.45. The molecule has 62 valence electrons. The molecule has 0 aromatic heterocycles. The Kier molecular flexibility index (Phi) is 2.92. The maximum Gasteiger partial charge on any atom is 0.0678 e. The Morgan fingerprint density at radius 2 is 2.00 bits per heavy atom. The molecule has 1 saturated heterocycles. The molecule has 0 aliphatic carbocycles. The van der Waals surface area contributed by atoms with Gasteiger partial charge in [0.25, 0.3) is 0 Å². The van der Waals surface area contributed by atoms with Crippen LogP contribution in [0.25, 0.3) is 0 Å². The summed E-state index contributed by atoms with van der Waals surface area (Å²) in [4.78, 5) is 2.25. The van der Waals surface area contributed by atoms with Crippen LogP contribution in [0.4, 0.5) is 0 Å². The van der Waals surface area contributed by atoms with Gasteiger partial charge in [-0.15, -0.1) is 6.42 Å². The quantitative estimate of drug-likeness (QED) is 0.515. The molecule has 0 unspecified atom stereocenters. The van der Waals surface area contributed by atoms with Gasteiger partial charge in [-0.1, -0.05) is 5.92 Å². The highest BCUT2D eigenvalue weighted by molar-refractivity contribution is 4.90. The number of morpholine rings is 1. The molecule has 1 heterocycles. The molecule has 2 nitrogen and oxygen atoms in total. The van der Waals surface area contributed by atoms with Crippen LogP contribution in [-0.4, -0.2) is 36.7 Å². The zero-order valence-corrected chi connectivity index (χ0v) is 7.21. The number of terminal acetylenes is 1. The van der Waals surface area contributed by atoms with Crippen molar-refractivity contribution >= 4 is 0 Å². The minimum atomic E-state index is 0.326. The van der Waals surface area contributed by atoms with Crippen molar-refractivity contribution in [3.05, 3.63) is 0 Å². The summed E-state index contributed by atoms with van der Waals surface area (Å²) in [6.45, 7) is 6.85. The van der Waals surface area contributed by atoms with E-state index in [-0.39, 0.29) is 0 Å². The molecule has 2 atom stereocenters. The number of nitrogens with zero attached hydrogens (tertiary/aromatic N) is 1. The summed E-state index contributed by atoms with van der Waals surface area (Å²) in [6.07, 6.45) is 5.87. The molecule has 1 aliphatic rings. The fourth-order valence-corrected chi connectivity index (χ4v) is 1.54. The maximum atomic E-state index is 5.55. The number of rotatable bonds is 1. The minimum absolute atomic E-state index is 0.326. The molecule has 0 aromatic carbocycles. The van der Waals surface area contributed by atoms with Crippen molar-refractivity contribution in [2.24, 2.45) is 0 Å². The van der Waals surface area contributed by atoms with Gasteiger partial charge in [-0.25, -0.2) is 0 Å². The van der Waals surface area contributed by atoms with Crippen LogP contribution in [0.2, 0.25) is 0 Å². The van der Waals surface area contributed by atoms with Gasteiger partial charge < -0.3 is 4.74 Å². The van der Waals surface area contributed by atoms with E-state index < -0.39 is 0 Å². The average Bonchev–Trinajstić information content (AvgIpc) is 1.85. The third-order valence-electron chi connectivity index (χ3n) is 1.81. The van der Waals surface area contributed by atoms with Crippen LogP contribution >= 0.6 is 0 Å². The van der Waals surface area contributed by atoms with E-state index in [4.69, 9.17) is 11.2 Å². The van der Waals surface area contributed by atoms with Crippen molar-refractivity contribution < 1.29 is 4.74 Å². The van der Waals surface area contributed by atoms with Gasteiger partial charge in [-0.2, -0.15) is 0 Å². The van der Waals surface area contributed by atoms with Crippen molar-refractivity contribution in [2.45, 2.75) is 26.1 Å². The maximum absolute atomic E-state index is 5.55. The highest BCUT2D eigenvalue weighted by Gasteiger charge is 2.20. The fraction of sp³-hybridized carbons (Fsp3) is 0.778. The van der Waals surface area contributed by atoms with Gasteiger partial charge in [0.15, 0.2) is 0 Å². The third kappa shape index (κ3) is 2.53. The van der Waals surface area contributed by atoms with Gasteiger partial charge >= 0.3 is 0 Å². The molecule has 1 fully saturated rings. The Bertz CT molecular complexity index is 151. The Hall–Kier alpha value is -0.520. The molecule has 0 amide bonds. The zero-order valence-electron chi connectivity index (χ0n) is 7.21. The van der Waals surface area contributed by atoms with E-state index in [1.807, 2.05) is 0 Å². The first kappa shape index (κ1) is 8.58. The smallest absolute Gasteiger partial charge is 0.0678 e. The molecule has 0 saturated carbocycles. The first-order valence-corrected chi connectivity index (χ1v) is 4.03. The lowest BCUT2D eigenvalue weighted by molar-refractivity contribution is -0.0640. The third-order valence-corrected chi connectivity index (χ3v) is 1.81. The van der Waals surface area contributed by atoms with Gasteiger partial charge in [-0.05, 0) is 13.8 Å². The highest BCUT2D eigenvalue weighted by Crippen LogP contribution is 2.09. The molecular formula is C9H15NO. The van der Waals surface area contributed by atoms with Crippen LogP contribution in [0.5, 0.6) is 0 Å². The van der Waals surface area contributed by atoms with E-state index >= 15 is 0 Å². The molecule has 1 rings (SSSR count). The Balaban J connectivity index is 2.38. The first-order valence-electron chi connectivity index (χ1n) is 4.03. The van der Waals surface area contributed by atoms with Crippen molar-refractivity contribution in [3.63, 3.8) is 0 Å². The number of hydrogen-bond donors (Lipinski definition) is 0. The van der Waals surface area contributed by atoms with E-state index in [0.29, 0.717) is 12.2 Å². The molecule has 0 bridgehead atoms. The van der Waals surface area contributed by atoms with Gasteiger partial charge in [0.2, 0.25) is 0 Å². The van der Waals surface area contributed by atoms with Crippen molar-refractivity contribution in [3.8, 4) is 12.3 Å². The topological polar surface area (TPSA) is 12.5 Å². The SMILES string of the molecule is C#CCN1C[C@@H](C)O[C@@H](C)C1. The monoisotopic (exact) mass is 153 g/mol. The lowest BCUT2D eigenvalue weighted by atomic mass is 10.2. The second kappa shape index (κ2) is 3.75. The molecule has 11 heavy (non-hydrogen) atoms. The fourth-order valence-electron chi connectivity index (χ4n) is 1.54. The van der Waals surface area contributed by atoms with Gasteiger partial charge in [0.1, 0.15) is 0 Å². The van der Waals surface area contributed by atoms with Gasteiger partial charge in [0, 0.05) is 13.1 Å². The van der Waals surface area contributed by atoms with Gasteiger partial charge in [0.05, 0.1) is 18.8 Å². The molecule has 1 aliphatic heterocycles. The second-order valence-corrected chi connectivity index (χ2v) is 3.16. The highest BCUT2D eigenvalue weighted by atomic mass is 16.5. The summed E-state index contributed by atoms with van der Waals surface area (Å²) in [5.74, 6) is 2.65. The first-order chi connectivity index (χ1) is 5.22. The Labute approximate surface area is 68.5 Å². The molecule has 0 radical (unpaired) electrons. The van der Waals surface area contributed by atoms with Crippen LogP contribution in [0.3, 0.4) is 0 Å². The summed E-state index contributed by atoms with van der Waals surface area (Å²) in [6, 6.07) is 0.